The van der Waals surface area contributed by atoms with Crippen LogP contribution in [0.5, 0.6) is 0 Å². The topological polar surface area (TPSA) is 38.9 Å². The lowest BCUT2D eigenvalue weighted by atomic mass is 10.1. The van der Waals surface area contributed by atoms with Crippen molar-refractivity contribution < 1.29 is 0 Å². The molecule has 1 aromatic rings. The molecule has 0 radical (unpaired) electrons. The number of rotatable bonds is 3. The molecule has 0 saturated heterocycles. The van der Waals surface area contributed by atoms with Crippen LogP contribution in [-0.2, 0) is 0 Å². The van der Waals surface area contributed by atoms with E-state index in [0.717, 1.165) is 5.69 Å². The lowest BCUT2D eigenvalue weighted by molar-refractivity contribution is 0.737. The molecule has 1 atom stereocenters. The van der Waals surface area contributed by atoms with Crippen LogP contribution in [0.15, 0.2) is 5.38 Å². The Morgan fingerprint density at radius 2 is 2.17 bits per heavy atom. The van der Waals surface area contributed by atoms with Crippen LogP contribution in [0, 0.1) is 0 Å². The Labute approximate surface area is 77.8 Å². The molecule has 1 heterocycles. The lowest BCUT2D eigenvalue weighted by Gasteiger charge is -2.03. The van der Waals surface area contributed by atoms with Crippen LogP contribution < -0.4 is 5.73 Å². The third kappa shape index (κ3) is 2.05. The maximum absolute atomic E-state index is 5.55. The largest absolute Gasteiger partial charge is 0.330 e. The van der Waals surface area contributed by atoms with Gasteiger partial charge in [0, 0.05) is 23.8 Å². The summed E-state index contributed by atoms with van der Waals surface area (Å²) in [6.07, 6.45) is 0. The monoisotopic (exact) mass is 184 g/mol. The molecule has 1 aromatic heterocycles. The zero-order chi connectivity index (χ0) is 9.14. The van der Waals surface area contributed by atoms with Gasteiger partial charge in [-0.3, -0.25) is 0 Å². The van der Waals surface area contributed by atoms with Gasteiger partial charge in [-0.1, -0.05) is 20.8 Å². The highest BCUT2D eigenvalue weighted by atomic mass is 32.1. The molecule has 12 heavy (non-hydrogen) atoms. The van der Waals surface area contributed by atoms with E-state index in [-0.39, 0.29) is 0 Å². The summed E-state index contributed by atoms with van der Waals surface area (Å²) in [7, 11) is 0. The predicted octanol–water partition coefficient (Wildman–Crippen LogP) is 2.33. The Hall–Kier alpha value is -0.410. The summed E-state index contributed by atoms with van der Waals surface area (Å²) in [6.45, 7) is 7.12. The number of nitrogens with zero attached hydrogens (tertiary/aromatic N) is 1. The first-order valence-corrected chi connectivity index (χ1v) is 5.18. The second-order valence-corrected chi connectivity index (χ2v) is 4.29. The van der Waals surface area contributed by atoms with Crippen molar-refractivity contribution >= 4 is 11.3 Å². The highest BCUT2D eigenvalue weighted by Gasteiger charge is 2.09. The summed E-state index contributed by atoms with van der Waals surface area (Å²) in [5.74, 6) is 0.933. The van der Waals surface area contributed by atoms with E-state index in [2.05, 4.69) is 31.1 Å². The maximum atomic E-state index is 5.55. The highest BCUT2D eigenvalue weighted by molar-refractivity contribution is 7.09. The molecule has 0 aliphatic rings. The second kappa shape index (κ2) is 4.01. The predicted molar refractivity (Wildman–Crippen MR) is 53.7 cm³/mol. The van der Waals surface area contributed by atoms with Crippen molar-refractivity contribution in [3.05, 3.63) is 16.1 Å². The molecule has 0 aliphatic heterocycles. The van der Waals surface area contributed by atoms with Gasteiger partial charge < -0.3 is 5.73 Å². The van der Waals surface area contributed by atoms with Gasteiger partial charge in [0.25, 0.3) is 0 Å². The third-order valence-corrected chi connectivity index (χ3v) is 3.06. The number of aromatic nitrogens is 1. The van der Waals surface area contributed by atoms with E-state index in [9.17, 15) is 0 Å². The number of hydrogen-bond acceptors (Lipinski definition) is 3. The average Bonchev–Trinajstić information content (AvgIpc) is 2.51. The Morgan fingerprint density at radius 3 is 2.58 bits per heavy atom. The lowest BCUT2D eigenvalue weighted by Crippen LogP contribution is -2.09. The molecule has 0 aliphatic carbocycles. The van der Waals surface area contributed by atoms with E-state index in [1.54, 1.807) is 11.3 Å². The molecule has 68 valence electrons. The quantitative estimate of drug-likeness (QED) is 0.783. The first-order chi connectivity index (χ1) is 5.65. The standard InChI is InChI=1S/C9H16N2S/c1-6(2)9-11-8(5-12-9)7(3)4-10/h5-7H,4,10H2,1-3H3. The van der Waals surface area contributed by atoms with E-state index < -0.39 is 0 Å². The number of hydrogen-bond donors (Lipinski definition) is 1. The average molecular weight is 184 g/mol. The SMILES string of the molecule is CC(C)c1nc(C(C)CN)cs1. The molecule has 0 saturated carbocycles. The first-order valence-electron chi connectivity index (χ1n) is 4.30. The van der Waals surface area contributed by atoms with Gasteiger partial charge in [0.05, 0.1) is 10.7 Å². The van der Waals surface area contributed by atoms with Crippen LogP contribution in [0.1, 0.15) is 43.3 Å². The van der Waals surface area contributed by atoms with Gasteiger partial charge >= 0.3 is 0 Å². The van der Waals surface area contributed by atoms with Crippen LogP contribution in [0.3, 0.4) is 0 Å². The highest BCUT2D eigenvalue weighted by Crippen LogP contribution is 2.22. The summed E-state index contributed by atoms with van der Waals surface area (Å²) in [5.41, 5.74) is 6.70. The first kappa shape index (κ1) is 9.68. The van der Waals surface area contributed by atoms with E-state index in [1.807, 2.05) is 0 Å². The minimum atomic E-state index is 0.397. The van der Waals surface area contributed by atoms with Crippen molar-refractivity contribution in [1.29, 1.82) is 0 Å². The fourth-order valence-corrected chi connectivity index (χ4v) is 1.87. The summed E-state index contributed by atoms with van der Waals surface area (Å²) in [5, 5.41) is 3.33. The van der Waals surface area contributed by atoms with E-state index in [1.165, 1.54) is 5.01 Å². The Morgan fingerprint density at radius 1 is 1.50 bits per heavy atom. The van der Waals surface area contributed by atoms with Crippen molar-refractivity contribution in [3.8, 4) is 0 Å². The van der Waals surface area contributed by atoms with E-state index >= 15 is 0 Å². The molecule has 0 amide bonds. The molecule has 3 heteroatoms. The summed E-state index contributed by atoms with van der Waals surface area (Å²) >= 11 is 1.73. The third-order valence-electron chi connectivity index (χ3n) is 1.89. The molecule has 1 rings (SSSR count). The fraction of sp³-hybridized carbons (Fsp3) is 0.667. The second-order valence-electron chi connectivity index (χ2n) is 3.40. The van der Waals surface area contributed by atoms with Crippen LogP contribution in [-0.4, -0.2) is 11.5 Å². The van der Waals surface area contributed by atoms with E-state index in [0.29, 0.717) is 18.4 Å². The van der Waals surface area contributed by atoms with Gasteiger partial charge in [0.1, 0.15) is 0 Å². The van der Waals surface area contributed by atoms with Crippen LogP contribution in [0.4, 0.5) is 0 Å². The molecular weight excluding hydrogens is 168 g/mol. The Bertz CT molecular complexity index is 242. The fourth-order valence-electron chi connectivity index (χ4n) is 0.913. The van der Waals surface area contributed by atoms with Gasteiger partial charge in [0.2, 0.25) is 0 Å². The van der Waals surface area contributed by atoms with Crippen LogP contribution >= 0.6 is 11.3 Å². The van der Waals surface area contributed by atoms with Crippen LogP contribution in [0.2, 0.25) is 0 Å². The van der Waals surface area contributed by atoms with Gasteiger partial charge in [-0.2, -0.15) is 0 Å². The number of nitrogens with two attached hydrogens (primary N) is 1. The Balaban J connectivity index is 2.77. The smallest absolute Gasteiger partial charge is 0.0953 e. The molecule has 1 unspecified atom stereocenters. The summed E-state index contributed by atoms with van der Waals surface area (Å²) < 4.78 is 0. The zero-order valence-electron chi connectivity index (χ0n) is 7.87. The van der Waals surface area contributed by atoms with Gasteiger partial charge in [-0.15, -0.1) is 11.3 Å². The van der Waals surface area contributed by atoms with Crippen molar-refractivity contribution in [3.63, 3.8) is 0 Å². The molecule has 0 aromatic carbocycles. The van der Waals surface area contributed by atoms with E-state index in [4.69, 9.17) is 5.73 Å². The molecule has 0 fully saturated rings. The van der Waals surface area contributed by atoms with Crippen molar-refractivity contribution in [2.45, 2.75) is 32.6 Å². The van der Waals surface area contributed by atoms with Crippen molar-refractivity contribution in [1.82, 2.24) is 4.98 Å². The van der Waals surface area contributed by atoms with Gasteiger partial charge in [0.15, 0.2) is 0 Å². The Kier molecular flexibility index (Phi) is 3.23. The van der Waals surface area contributed by atoms with Crippen molar-refractivity contribution in [2.75, 3.05) is 6.54 Å². The maximum Gasteiger partial charge on any atom is 0.0953 e. The molecule has 2 nitrogen and oxygen atoms in total. The summed E-state index contributed by atoms with van der Waals surface area (Å²) in [6, 6.07) is 0. The molecular formula is C9H16N2S. The van der Waals surface area contributed by atoms with Crippen LogP contribution in [0.25, 0.3) is 0 Å². The minimum absolute atomic E-state index is 0.397. The number of thiazole rings is 1. The molecule has 0 bridgehead atoms. The normalized spacial score (nSPS) is 13.8. The molecule has 2 N–H and O–H groups in total. The van der Waals surface area contributed by atoms with Gasteiger partial charge in [-0.25, -0.2) is 4.98 Å². The minimum Gasteiger partial charge on any atom is -0.330 e. The summed E-state index contributed by atoms with van der Waals surface area (Å²) in [4.78, 5) is 4.52. The molecule has 0 spiro atoms. The van der Waals surface area contributed by atoms with Crippen molar-refractivity contribution in [2.24, 2.45) is 5.73 Å². The van der Waals surface area contributed by atoms with Gasteiger partial charge in [-0.05, 0) is 0 Å². The zero-order valence-corrected chi connectivity index (χ0v) is 8.69.